The zero-order valence-electron chi connectivity index (χ0n) is 15.0. The summed E-state index contributed by atoms with van der Waals surface area (Å²) >= 11 is 0. The van der Waals surface area contributed by atoms with Crippen LogP contribution in [0.15, 0.2) is 36.7 Å². The fraction of sp³-hybridized carbons (Fsp3) is 0.333. The molecule has 0 aliphatic heterocycles. The molecule has 3 heterocycles. The first-order chi connectivity index (χ1) is 12.6. The molecule has 1 aromatic carbocycles. The minimum atomic E-state index is 0.221. The van der Waals surface area contributed by atoms with Crippen molar-refractivity contribution in [2.24, 2.45) is 7.05 Å². The maximum Gasteiger partial charge on any atom is 0.241 e. The SMILES string of the molecule is CC(C)OCCNc1ncc2c(-c3ccc4nnn(C)c4c3)ccn2n1. The molecule has 134 valence electrons. The van der Waals surface area contributed by atoms with Gasteiger partial charge in [-0.1, -0.05) is 11.3 Å². The average Bonchev–Trinajstić information content (AvgIpc) is 3.22. The summed E-state index contributed by atoms with van der Waals surface area (Å²) in [7, 11) is 1.89. The number of benzene rings is 1. The van der Waals surface area contributed by atoms with Gasteiger partial charge in [0, 0.05) is 25.4 Å². The van der Waals surface area contributed by atoms with Crippen molar-refractivity contribution in [2.75, 3.05) is 18.5 Å². The van der Waals surface area contributed by atoms with Crippen LogP contribution in [0.3, 0.4) is 0 Å². The first-order valence-corrected chi connectivity index (χ1v) is 8.61. The summed E-state index contributed by atoms with van der Waals surface area (Å²) in [6, 6.07) is 8.15. The van der Waals surface area contributed by atoms with E-state index in [0.717, 1.165) is 27.7 Å². The maximum atomic E-state index is 5.51. The van der Waals surface area contributed by atoms with Crippen LogP contribution in [0.25, 0.3) is 27.7 Å². The fourth-order valence-corrected chi connectivity index (χ4v) is 2.88. The van der Waals surface area contributed by atoms with Crippen LogP contribution in [0.1, 0.15) is 13.8 Å². The lowest BCUT2D eigenvalue weighted by molar-refractivity contribution is 0.0869. The Morgan fingerprint density at radius 1 is 1.19 bits per heavy atom. The van der Waals surface area contributed by atoms with E-state index in [2.05, 4.69) is 31.8 Å². The molecule has 0 atom stereocenters. The van der Waals surface area contributed by atoms with E-state index in [9.17, 15) is 0 Å². The summed E-state index contributed by atoms with van der Waals surface area (Å²) < 4.78 is 9.12. The maximum absolute atomic E-state index is 5.51. The second kappa shape index (κ2) is 6.72. The summed E-state index contributed by atoms with van der Waals surface area (Å²) in [5, 5.41) is 15.9. The number of nitrogens with zero attached hydrogens (tertiary/aromatic N) is 6. The molecule has 3 aromatic heterocycles. The van der Waals surface area contributed by atoms with E-state index in [1.54, 1.807) is 4.68 Å². The number of aromatic nitrogens is 6. The molecule has 8 nitrogen and oxygen atoms in total. The minimum absolute atomic E-state index is 0.221. The highest BCUT2D eigenvalue weighted by atomic mass is 16.5. The summed E-state index contributed by atoms with van der Waals surface area (Å²) in [5.74, 6) is 0.582. The number of nitrogens with one attached hydrogen (secondary N) is 1. The van der Waals surface area contributed by atoms with Gasteiger partial charge in [0.2, 0.25) is 5.95 Å². The summed E-state index contributed by atoms with van der Waals surface area (Å²) in [6.45, 7) is 5.32. The number of anilines is 1. The molecule has 26 heavy (non-hydrogen) atoms. The second-order valence-electron chi connectivity index (χ2n) is 6.40. The first-order valence-electron chi connectivity index (χ1n) is 8.61. The smallest absolute Gasteiger partial charge is 0.241 e. The molecule has 0 fully saturated rings. The van der Waals surface area contributed by atoms with E-state index in [1.165, 1.54) is 0 Å². The molecule has 0 aliphatic rings. The topological polar surface area (TPSA) is 82.2 Å². The fourth-order valence-electron chi connectivity index (χ4n) is 2.88. The summed E-state index contributed by atoms with van der Waals surface area (Å²) in [6.07, 6.45) is 3.99. The van der Waals surface area contributed by atoms with Gasteiger partial charge in [-0.3, -0.25) is 0 Å². The molecular weight excluding hydrogens is 330 g/mol. The van der Waals surface area contributed by atoms with Crippen molar-refractivity contribution >= 4 is 22.5 Å². The van der Waals surface area contributed by atoms with Crippen LogP contribution in [-0.2, 0) is 11.8 Å². The van der Waals surface area contributed by atoms with Crippen LogP contribution < -0.4 is 5.32 Å². The van der Waals surface area contributed by atoms with E-state index < -0.39 is 0 Å². The summed E-state index contributed by atoms with van der Waals surface area (Å²) in [4.78, 5) is 4.42. The lowest BCUT2D eigenvalue weighted by Gasteiger charge is -2.08. The van der Waals surface area contributed by atoms with E-state index >= 15 is 0 Å². The van der Waals surface area contributed by atoms with Gasteiger partial charge < -0.3 is 10.1 Å². The van der Waals surface area contributed by atoms with Crippen LogP contribution in [0, 0.1) is 0 Å². The lowest BCUT2D eigenvalue weighted by atomic mass is 10.1. The van der Waals surface area contributed by atoms with E-state index in [4.69, 9.17) is 4.74 Å². The third kappa shape index (κ3) is 3.11. The van der Waals surface area contributed by atoms with E-state index in [1.807, 2.05) is 56.0 Å². The Hall–Kier alpha value is -3.00. The molecule has 8 heteroatoms. The van der Waals surface area contributed by atoms with Crippen LogP contribution in [0.4, 0.5) is 5.95 Å². The van der Waals surface area contributed by atoms with Gasteiger partial charge in [0.1, 0.15) is 5.52 Å². The van der Waals surface area contributed by atoms with Crippen LogP contribution in [-0.4, -0.2) is 48.8 Å². The van der Waals surface area contributed by atoms with Gasteiger partial charge in [-0.15, -0.1) is 10.2 Å². The molecule has 0 saturated heterocycles. The standard InChI is InChI=1S/C18H21N7O/c1-12(2)26-9-7-19-18-20-11-17-14(6-8-25(17)22-18)13-4-5-15-16(10-13)24(3)23-21-15/h4-6,8,10-12H,7,9H2,1-3H3,(H,19,22). The van der Waals surface area contributed by atoms with Crippen LogP contribution >= 0.6 is 0 Å². The largest absolute Gasteiger partial charge is 0.377 e. The van der Waals surface area contributed by atoms with Crippen molar-refractivity contribution in [1.29, 1.82) is 0 Å². The molecule has 0 radical (unpaired) electrons. The van der Waals surface area contributed by atoms with E-state index in [-0.39, 0.29) is 6.10 Å². The van der Waals surface area contributed by atoms with Crippen LogP contribution in [0.5, 0.6) is 0 Å². The monoisotopic (exact) mass is 351 g/mol. The average molecular weight is 351 g/mol. The number of fused-ring (bicyclic) bond motifs is 2. The predicted octanol–water partition coefficient (Wildman–Crippen LogP) is 2.51. The van der Waals surface area contributed by atoms with Crippen molar-refractivity contribution < 1.29 is 4.74 Å². The minimum Gasteiger partial charge on any atom is -0.377 e. The van der Waals surface area contributed by atoms with Gasteiger partial charge in [-0.05, 0) is 37.6 Å². The zero-order chi connectivity index (χ0) is 18.1. The number of ether oxygens (including phenoxy) is 1. The molecule has 0 aliphatic carbocycles. The highest BCUT2D eigenvalue weighted by molar-refractivity contribution is 5.87. The molecule has 4 aromatic rings. The van der Waals surface area contributed by atoms with Crippen LogP contribution in [0.2, 0.25) is 0 Å². The number of aryl methyl sites for hydroxylation is 1. The lowest BCUT2D eigenvalue weighted by Crippen LogP contribution is -2.15. The quantitative estimate of drug-likeness (QED) is 0.538. The van der Waals surface area contributed by atoms with Gasteiger partial charge >= 0.3 is 0 Å². The highest BCUT2D eigenvalue weighted by Crippen LogP contribution is 2.27. The normalized spacial score (nSPS) is 11.7. The van der Waals surface area contributed by atoms with Crippen molar-refractivity contribution in [3.63, 3.8) is 0 Å². The highest BCUT2D eigenvalue weighted by Gasteiger charge is 2.10. The molecule has 0 bridgehead atoms. The van der Waals surface area contributed by atoms with Gasteiger partial charge in [0.05, 0.1) is 29.9 Å². The summed E-state index contributed by atoms with van der Waals surface area (Å²) in [5.41, 5.74) is 4.98. The Kier molecular flexibility index (Phi) is 4.26. The van der Waals surface area contributed by atoms with Gasteiger partial charge in [0.15, 0.2) is 0 Å². The molecular formula is C18H21N7O. The zero-order valence-corrected chi connectivity index (χ0v) is 15.0. The third-order valence-electron chi connectivity index (χ3n) is 4.17. The Balaban J connectivity index is 1.59. The Morgan fingerprint density at radius 3 is 2.92 bits per heavy atom. The predicted molar refractivity (Wildman–Crippen MR) is 100 cm³/mol. The second-order valence-corrected chi connectivity index (χ2v) is 6.40. The van der Waals surface area contributed by atoms with Crippen molar-refractivity contribution in [3.05, 3.63) is 36.7 Å². The van der Waals surface area contributed by atoms with Crippen molar-refractivity contribution in [2.45, 2.75) is 20.0 Å². The number of hydrogen-bond donors (Lipinski definition) is 1. The Labute approximate surface area is 150 Å². The van der Waals surface area contributed by atoms with Gasteiger partial charge in [-0.2, -0.15) is 0 Å². The molecule has 0 unspecified atom stereocenters. The Bertz CT molecular complexity index is 1050. The molecule has 0 spiro atoms. The molecule has 4 rings (SSSR count). The molecule has 0 saturated carbocycles. The van der Waals surface area contributed by atoms with Crippen molar-refractivity contribution in [3.8, 4) is 11.1 Å². The van der Waals surface area contributed by atoms with Gasteiger partial charge in [-0.25, -0.2) is 14.2 Å². The first kappa shape index (κ1) is 16.5. The van der Waals surface area contributed by atoms with Crippen molar-refractivity contribution in [1.82, 2.24) is 29.6 Å². The Morgan fingerprint density at radius 2 is 2.08 bits per heavy atom. The molecule has 0 amide bonds. The number of hydrogen-bond acceptors (Lipinski definition) is 6. The molecule has 1 N–H and O–H groups in total. The van der Waals surface area contributed by atoms with Gasteiger partial charge in [0.25, 0.3) is 0 Å². The third-order valence-corrected chi connectivity index (χ3v) is 4.17. The van der Waals surface area contributed by atoms with E-state index in [0.29, 0.717) is 19.1 Å². The number of rotatable bonds is 6.